The monoisotopic (exact) mass is 521 g/mol. The number of alkyl halides is 3. The van der Waals surface area contributed by atoms with Gasteiger partial charge in [-0.1, -0.05) is 6.07 Å². The van der Waals surface area contributed by atoms with Gasteiger partial charge in [-0.25, -0.2) is 18.4 Å². The van der Waals surface area contributed by atoms with Gasteiger partial charge >= 0.3 is 6.18 Å². The van der Waals surface area contributed by atoms with E-state index in [1.165, 1.54) is 28.8 Å². The fourth-order valence-electron chi connectivity index (χ4n) is 5.16. The van der Waals surface area contributed by atoms with Crippen LogP contribution in [0.25, 0.3) is 10.2 Å². The largest absolute Gasteiger partial charge is 0.393 e. The quantitative estimate of drug-likeness (QED) is 0.496. The third-order valence-electron chi connectivity index (χ3n) is 6.96. The van der Waals surface area contributed by atoms with Gasteiger partial charge in [-0.15, -0.1) is 11.3 Å². The fraction of sp³-hybridized carbons (Fsp3) is 0.435. The Kier molecular flexibility index (Phi) is 5.77. The summed E-state index contributed by atoms with van der Waals surface area (Å²) in [5.74, 6) is 0.634. The highest BCUT2D eigenvalue weighted by atomic mass is 32.2. The topological polar surface area (TPSA) is 90.2 Å². The minimum absolute atomic E-state index is 0.0644. The maximum Gasteiger partial charge on any atom is 0.393 e. The number of hydrogen-bond donors (Lipinski definition) is 0. The maximum atomic E-state index is 13.1. The zero-order valence-electron chi connectivity index (χ0n) is 18.8. The Balaban J connectivity index is 1.29. The molecule has 0 bridgehead atoms. The highest BCUT2D eigenvalue weighted by Crippen LogP contribution is 2.52. The van der Waals surface area contributed by atoms with Crippen LogP contribution in [0.4, 0.5) is 19.0 Å². The third kappa shape index (κ3) is 4.48. The van der Waals surface area contributed by atoms with Gasteiger partial charge in [-0.2, -0.15) is 22.7 Å². The molecule has 3 aromatic rings. The number of rotatable bonds is 5. The van der Waals surface area contributed by atoms with Crippen molar-refractivity contribution in [3.8, 4) is 6.07 Å². The molecule has 0 atom stereocenters. The molecule has 35 heavy (non-hydrogen) atoms. The number of aromatic nitrogens is 2. The lowest BCUT2D eigenvalue weighted by molar-refractivity contribution is -0.126. The van der Waals surface area contributed by atoms with Crippen molar-refractivity contribution in [2.24, 2.45) is 5.41 Å². The summed E-state index contributed by atoms with van der Waals surface area (Å²) in [6, 6.07) is 9.34. The summed E-state index contributed by atoms with van der Waals surface area (Å²) in [6.07, 6.45) is -1.66. The van der Waals surface area contributed by atoms with E-state index in [0.717, 1.165) is 17.8 Å². The standard InChI is InChI=1S/C23H22F3N5O2S2/c1-30(35(32,33)18-4-2-3-15(7-18)12-27)16-9-22(10-16)5-6-31(13-22)20-19-8-17(11-23(24,25)26)34-21(19)29-14-28-20/h2-4,7-8,14,16H,5-6,9-11,13H2,1H3. The van der Waals surface area contributed by atoms with E-state index in [-0.39, 0.29) is 21.2 Å². The van der Waals surface area contributed by atoms with E-state index in [2.05, 4.69) is 14.9 Å². The molecule has 2 aromatic heterocycles. The number of nitrogens with zero attached hydrogens (tertiary/aromatic N) is 5. The van der Waals surface area contributed by atoms with Gasteiger partial charge in [0.15, 0.2) is 0 Å². The summed E-state index contributed by atoms with van der Waals surface area (Å²) in [5, 5.41) is 9.71. The Hall–Kier alpha value is -2.75. The van der Waals surface area contributed by atoms with Crippen LogP contribution in [0.3, 0.4) is 0 Å². The van der Waals surface area contributed by atoms with Crippen molar-refractivity contribution in [1.29, 1.82) is 5.26 Å². The van der Waals surface area contributed by atoms with Crippen LogP contribution in [0, 0.1) is 16.7 Å². The van der Waals surface area contributed by atoms with Gasteiger partial charge in [-0.05, 0) is 48.9 Å². The zero-order valence-corrected chi connectivity index (χ0v) is 20.4. The predicted molar refractivity (Wildman–Crippen MR) is 126 cm³/mol. The maximum absolute atomic E-state index is 13.1. The number of thiophene rings is 1. The first kappa shape index (κ1) is 24.0. The lowest BCUT2D eigenvalue weighted by atomic mass is 9.65. The third-order valence-corrected chi connectivity index (χ3v) is 9.91. The molecule has 0 radical (unpaired) electrons. The van der Waals surface area contributed by atoms with E-state index in [9.17, 15) is 21.6 Å². The van der Waals surface area contributed by atoms with Gasteiger partial charge in [0, 0.05) is 31.1 Å². The first-order valence-corrected chi connectivity index (χ1v) is 13.3. The molecule has 5 rings (SSSR count). The van der Waals surface area contributed by atoms with Crippen molar-refractivity contribution >= 4 is 37.4 Å². The molecule has 1 saturated heterocycles. The fourth-order valence-corrected chi connectivity index (χ4v) is 7.59. The lowest BCUT2D eigenvalue weighted by Gasteiger charge is -2.48. The van der Waals surface area contributed by atoms with Gasteiger partial charge in [0.2, 0.25) is 10.0 Å². The Bertz CT molecular complexity index is 1420. The van der Waals surface area contributed by atoms with Gasteiger partial charge in [0.1, 0.15) is 17.0 Å². The van der Waals surface area contributed by atoms with Crippen molar-refractivity contribution in [1.82, 2.24) is 14.3 Å². The van der Waals surface area contributed by atoms with Gasteiger partial charge < -0.3 is 4.90 Å². The number of halogens is 3. The second-order valence-corrected chi connectivity index (χ2v) is 12.4. The molecular weight excluding hydrogens is 499 g/mol. The summed E-state index contributed by atoms with van der Waals surface area (Å²) in [7, 11) is -2.16. The Labute approximate surface area is 204 Å². The summed E-state index contributed by atoms with van der Waals surface area (Å²) in [6.45, 7) is 1.36. The van der Waals surface area contributed by atoms with E-state index in [4.69, 9.17) is 5.26 Å². The molecule has 2 aliphatic rings. The molecule has 0 N–H and O–H groups in total. The van der Waals surface area contributed by atoms with Crippen molar-refractivity contribution in [3.63, 3.8) is 0 Å². The van der Waals surface area contributed by atoms with Crippen LogP contribution in [0.5, 0.6) is 0 Å². The number of nitriles is 1. The first-order chi connectivity index (χ1) is 16.5. The smallest absolute Gasteiger partial charge is 0.355 e. The van der Waals surface area contributed by atoms with E-state index >= 15 is 0 Å². The normalized spacial score (nSPS) is 22.6. The Morgan fingerprint density at radius 2 is 2.06 bits per heavy atom. The number of fused-ring (bicyclic) bond motifs is 1. The van der Waals surface area contributed by atoms with Crippen LogP contribution in [0.2, 0.25) is 0 Å². The molecule has 3 heterocycles. The zero-order chi connectivity index (χ0) is 25.0. The first-order valence-electron chi connectivity index (χ1n) is 11.0. The summed E-state index contributed by atoms with van der Waals surface area (Å²) in [5.41, 5.74) is 0.226. The van der Waals surface area contributed by atoms with Crippen LogP contribution in [-0.4, -0.2) is 55.0 Å². The molecule has 2 fully saturated rings. The number of hydrogen-bond acceptors (Lipinski definition) is 7. The van der Waals surface area contributed by atoms with Crippen LogP contribution in [-0.2, 0) is 16.4 Å². The van der Waals surface area contributed by atoms with Crippen LogP contribution in [0.15, 0.2) is 41.6 Å². The molecule has 0 unspecified atom stereocenters. The molecule has 1 saturated carbocycles. The summed E-state index contributed by atoms with van der Waals surface area (Å²) >= 11 is 1.03. The molecule has 1 aliphatic heterocycles. The number of sulfonamides is 1. The van der Waals surface area contributed by atoms with Crippen LogP contribution in [0.1, 0.15) is 29.7 Å². The number of anilines is 1. The van der Waals surface area contributed by atoms with Gasteiger partial charge in [-0.3, -0.25) is 0 Å². The number of benzene rings is 1. The molecule has 1 spiro atoms. The molecule has 0 amide bonds. The van der Waals surface area contributed by atoms with E-state index in [0.29, 0.717) is 47.5 Å². The van der Waals surface area contributed by atoms with E-state index in [1.54, 1.807) is 19.2 Å². The van der Waals surface area contributed by atoms with E-state index in [1.807, 2.05) is 6.07 Å². The van der Waals surface area contributed by atoms with Crippen molar-refractivity contribution in [2.75, 3.05) is 25.0 Å². The summed E-state index contributed by atoms with van der Waals surface area (Å²) < 4.78 is 66.1. The van der Waals surface area contributed by atoms with Crippen molar-refractivity contribution < 1.29 is 21.6 Å². The van der Waals surface area contributed by atoms with Crippen molar-refractivity contribution in [2.45, 2.75) is 42.8 Å². The molecule has 1 aliphatic carbocycles. The van der Waals surface area contributed by atoms with Crippen LogP contribution < -0.4 is 4.90 Å². The minimum atomic E-state index is -4.28. The molecule has 12 heteroatoms. The lowest BCUT2D eigenvalue weighted by Crippen LogP contribution is -2.52. The second kappa shape index (κ2) is 8.43. The predicted octanol–water partition coefficient (Wildman–Crippen LogP) is 4.35. The molecule has 184 valence electrons. The highest BCUT2D eigenvalue weighted by Gasteiger charge is 2.52. The van der Waals surface area contributed by atoms with Crippen LogP contribution >= 0.6 is 11.3 Å². The SMILES string of the molecule is CN(C1CC2(CCN(c3ncnc4sc(CC(F)(F)F)cc34)C2)C1)S(=O)(=O)c1cccc(C#N)c1. The molecule has 1 aromatic carbocycles. The minimum Gasteiger partial charge on any atom is -0.355 e. The second-order valence-electron chi connectivity index (χ2n) is 9.32. The van der Waals surface area contributed by atoms with Gasteiger partial charge in [0.25, 0.3) is 0 Å². The molecular formula is C23H22F3N5O2S2. The average Bonchev–Trinajstić information content (AvgIpc) is 3.40. The average molecular weight is 522 g/mol. The van der Waals surface area contributed by atoms with Crippen molar-refractivity contribution in [3.05, 3.63) is 47.1 Å². The van der Waals surface area contributed by atoms with E-state index < -0.39 is 22.6 Å². The Morgan fingerprint density at radius 3 is 2.77 bits per heavy atom. The highest BCUT2D eigenvalue weighted by molar-refractivity contribution is 7.89. The summed E-state index contributed by atoms with van der Waals surface area (Å²) in [4.78, 5) is 11.5. The van der Waals surface area contributed by atoms with Gasteiger partial charge in [0.05, 0.1) is 28.3 Å². The molecule has 7 nitrogen and oxygen atoms in total. The Morgan fingerprint density at radius 1 is 1.29 bits per heavy atom.